The first-order valence-electron chi connectivity index (χ1n) is 4.83. The molecule has 0 bridgehead atoms. The third-order valence-corrected chi connectivity index (χ3v) is 3.02. The topological polar surface area (TPSA) is 81.2 Å². The van der Waals surface area contributed by atoms with Gasteiger partial charge in [0.05, 0.1) is 7.11 Å². The Bertz CT molecular complexity index is 421. The summed E-state index contributed by atoms with van der Waals surface area (Å²) in [5.74, 6) is -1.07. The molecule has 1 amide bonds. The van der Waals surface area contributed by atoms with Crippen molar-refractivity contribution in [2.24, 2.45) is 5.92 Å². The van der Waals surface area contributed by atoms with E-state index in [9.17, 15) is 9.59 Å². The van der Waals surface area contributed by atoms with E-state index in [1.807, 2.05) is 0 Å². The Labute approximate surface area is 107 Å². The molecule has 1 heterocycles. The number of nitrogens with one attached hydrogen (secondary N) is 1. The molecule has 0 aliphatic heterocycles. The van der Waals surface area contributed by atoms with Gasteiger partial charge in [-0.25, -0.2) is 4.79 Å². The van der Waals surface area contributed by atoms with Crippen molar-refractivity contribution in [2.75, 3.05) is 7.11 Å². The van der Waals surface area contributed by atoms with Crippen molar-refractivity contribution in [3.8, 4) is 0 Å². The van der Waals surface area contributed by atoms with Gasteiger partial charge in [-0.15, -0.1) is 10.2 Å². The molecule has 8 heteroatoms. The van der Waals surface area contributed by atoms with E-state index in [0.29, 0.717) is 0 Å². The summed E-state index contributed by atoms with van der Waals surface area (Å²) in [6.45, 7) is 3.60. The van der Waals surface area contributed by atoms with Crippen molar-refractivity contribution < 1.29 is 14.3 Å². The van der Waals surface area contributed by atoms with Gasteiger partial charge in [0.15, 0.2) is 0 Å². The van der Waals surface area contributed by atoms with Crippen molar-refractivity contribution in [1.29, 1.82) is 0 Å². The number of halogens is 1. The average Bonchev–Trinajstić information content (AvgIpc) is 2.71. The second kappa shape index (κ2) is 5.92. The highest BCUT2D eigenvalue weighted by atomic mass is 35.5. The van der Waals surface area contributed by atoms with Crippen LogP contribution in [0.25, 0.3) is 0 Å². The standard InChI is InChI=1S/C9H12ClN3O3S/c1-4(2)5(8(15)16-3)11-6(14)7-12-13-9(10)17-7/h4-5H,1-3H3,(H,11,14)/t5-/m0/s1. The summed E-state index contributed by atoms with van der Waals surface area (Å²) in [6, 6.07) is -0.713. The predicted octanol–water partition coefficient (Wildman–Crippen LogP) is 1.12. The van der Waals surface area contributed by atoms with Gasteiger partial charge in [0.25, 0.3) is 5.91 Å². The summed E-state index contributed by atoms with van der Waals surface area (Å²) >= 11 is 6.51. The van der Waals surface area contributed by atoms with E-state index >= 15 is 0 Å². The number of hydrogen-bond donors (Lipinski definition) is 1. The van der Waals surface area contributed by atoms with Crippen LogP contribution in [0.3, 0.4) is 0 Å². The van der Waals surface area contributed by atoms with Crippen molar-refractivity contribution in [2.45, 2.75) is 19.9 Å². The number of amides is 1. The van der Waals surface area contributed by atoms with Gasteiger partial charge >= 0.3 is 5.97 Å². The molecule has 0 radical (unpaired) electrons. The van der Waals surface area contributed by atoms with Crippen LogP contribution in [0.15, 0.2) is 0 Å². The summed E-state index contributed by atoms with van der Waals surface area (Å²) < 4.78 is 4.78. The summed E-state index contributed by atoms with van der Waals surface area (Å²) in [5.41, 5.74) is 0. The Morgan fingerprint density at radius 2 is 2.06 bits per heavy atom. The second-order valence-corrected chi connectivity index (χ2v) is 5.14. The van der Waals surface area contributed by atoms with Crippen LogP contribution in [0, 0.1) is 5.92 Å². The van der Waals surface area contributed by atoms with Gasteiger partial charge in [0.2, 0.25) is 9.47 Å². The summed E-state index contributed by atoms with van der Waals surface area (Å²) in [5, 5.41) is 9.75. The van der Waals surface area contributed by atoms with Crippen molar-refractivity contribution in [1.82, 2.24) is 15.5 Å². The van der Waals surface area contributed by atoms with E-state index in [4.69, 9.17) is 11.6 Å². The molecule has 1 rings (SSSR count). The van der Waals surface area contributed by atoms with Gasteiger partial charge in [0.1, 0.15) is 6.04 Å². The van der Waals surface area contributed by atoms with Crippen LogP contribution in [0.5, 0.6) is 0 Å². The number of carbonyl (C=O) groups excluding carboxylic acids is 2. The minimum Gasteiger partial charge on any atom is -0.467 e. The minimum absolute atomic E-state index is 0.0882. The summed E-state index contributed by atoms with van der Waals surface area (Å²) in [4.78, 5) is 23.2. The van der Waals surface area contributed by atoms with Crippen LogP contribution in [0.1, 0.15) is 23.6 Å². The van der Waals surface area contributed by atoms with Gasteiger partial charge in [-0.3, -0.25) is 4.79 Å². The van der Waals surface area contributed by atoms with Gasteiger partial charge in [0, 0.05) is 0 Å². The Morgan fingerprint density at radius 1 is 1.41 bits per heavy atom. The maximum absolute atomic E-state index is 11.7. The molecule has 1 N–H and O–H groups in total. The number of rotatable bonds is 4. The summed E-state index contributed by atoms with van der Waals surface area (Å²) in [7, 11) is 1.27. The number of esters is 1. The van der Waals surface area contributed by atoms with E-state index in [0.717, 1.165) is 11.3 Å². The average molecular weight is 278 g/mol. The highest BCUT2D eigenvalue weighted by Gasteiger charge is 2.26. The molecule has 0 aromatic carbocycles. The van der Waals surface area contributed by atoms with E-state index in [1.54, 1.807) is 13.8 Å². The Morgan fingerprint density at radius 3 is 2.47 bits per heavy atom. The molecule has 0 spiro atoms. The van der Waals surface area contributed by atoms with Crippen LogP contribution in [0.4, 0.5) is 0 Å². The lowest BCUT2D eigenvalue weighted by molar-refractivity contribution is -0.144. The normalized spacial score (nSPS) is 12.3. The largest absolute Gasteiger partial charge is 0.467 e. The molecular weight excluding hydrogens is 266 g/mol. The second-order valence-electron chi connectivity index (χ2n) is 3.58. The van der Waals surface area contributed by atoms with Crippen LogP contribution < -0.4 is 5.32 Å². The Kier molecular flexibility index (Phi) is 4.83. The molecule has 0 aliphatic rings. The molecule has 1 aromatic heterocycles. The summed E-state index contributed by atoms with van der Waals surface area (Å²) in [6.07, 6.45) is 0. The van der Waals surface area contributed by atoms with E-state index < -0.39 is 17.9 Å². The Hall–Kier alpha value is -1.21. The lowest BCUT2D eigenvalue weighted by Gasteiger charge is -2.18. The van der Waals surface area contributed by atoms with Gasteiger partial charge in [-0.2, -0.15) is 0 Å². The molecule has 0 saturated carbocycles. The van der Waals surface area contributed by atoms with E-state index in [-0.39, 0.29) is 15.4 Å². The highest BCUT2D eigenvalue weighted by molar-refractivity contribution is 7.17. The fourth-order valence-corrected chi connectivity index (χ4v) is 1.86. The minimum atomic E-state index is -0.713. The van der Waals surface area contributed by atoms with Crippen molar-refractivity contribution >= 4 is 34.8 Å². The molecule has 1 aromatic rings. The maximum atomic E-state index is 11.7. The predicted molar refractivity (Wildman–Crippen MR) is 63.0 cm³/mol. The third-order valence-electron chi connectivity index (χ3n) is 2.00. The SMILES string of the molecule is COC(=O)[C@@H](NC(=O)c1nnc(Cl)s1)C(C)C. The first-order valence-corrected chi connectivity index (χ1v) is 6.02. The van der Waals surface area contributed by atoms with E-state index in [1.165, 1.54) is 7.11 Å². The maximum Gasteiger partial charge on any atom is 0.328 e. The number of hydrogen-bond acceptors (Lipinski definition) is 6. The van der Waals surface area contributed by atoms with Crippen LogP contribution in [0.2, 0.25) is 4.47 Å². The first-order chi connectivity index (χ1) is 7.95. The smallest absolute Gasteiger partial charge is 0.328 e. The lowest BCUT2D eigenvalue weighted by atomic mass is 10.0. The molecular formula is C9H12ClN3O3S. The quantitative estimate of drug-likeness (QED) is 0.834. The van der Waals surface area contributed by atoms with Crippen LogP contribution in [-0.2, 0) is 9.53 Å². The molecule has 0 aliphatic carbocycles. The molecule has 1 atom stereocenters. The van der Waals surface area contributed by atoms with Crippen molar-refractivity contribution in [3.05, 3.63) is 9.47 Å². The number of nitrogens with zero attached hydrogens (tertiary/aromatic N) is 2. The zero-order valence-electron chi connectivity index (χ0n) is 9.56. The van der Waals surface area contributed by atoms with Gasteiger partial charge in [-0.1, -0.05) is 25.2 Å². The number of ether oxygens (including phenoxy) is 1. The van der Waals surface area contributed by atoms with Gasteiger partial charge in [-0.05, 0) is 17.5 Å². The zero-order valence-corrected chi connectivity index (χ0v) is 11.1. The molecule has 17 heavy (non-hydrogen) atoms. The fourth-order valence-electron chi connectivity index (χ4n) is 1.12. The Balaban J connectivity index is 2.74. The lowest BCUT2D eigenvalue weighted by Crippen LogP contribution is -2.45. The monoisotopic (exact) mass is 277 g/mol. The van der Waals surface area contributed by atoms with Crippen LogP contribution >= 0.6 is 22.9 Å². The molecule has 94 valence electrons. The third kappa shape index (κ3) is 3.64. The van der Waals surface area contributed by atoms with Crippen molar-refractivity contribution in [3.63, 3.8) is 0 Å². The first kappa shape index (κ1) is 13.9. The van der Waals surface area contributed by atoms with E-state index in [2.05, 4.69) is 20.3 Å². The highest BCUT2D eigenvalue weighted by Crippen LogP contribution is 2.15. The zero-order chi connectivity index (χ0) is 13.0. The fraction of sp³-hybridized carbons (Fsp3) is 0.556. The van der Waals surface area contributed by atoms with Gasteiger partial charge < -0.3 is 10.1 Å². The molecule has 0 unspecified atom stereocenters. The number of aromatic nitrogens is 2. The molecule has 6 nitrogen and oxygen atoms in total. The number of methoxy groups -OCH3 is 1. The van der Waals surface area contributed by atoms with Crippen LogP contribution in [-0.4, -0.2) is 35.2 Å². The molecule has 0 saturated heterocycles. The number of carbonyl (C=O) groups is 2. The molecule has 0 fully saturated rings.